The normalized spacial score (nSPS) is 12.2. The van der Waals surface area contributed by atoms with Gasteiger partial charge in [0.1, 0.15) is 17.2 Å². The quantitative estimate of drug-likeness (QED) is 0.492. The van der Waals surface area contributed by atoms with Gasteiger partial charge in [0, 0.05) is 23.5 Å². The van der Waals surface area contributed by atoms with Crippen LogP contribution in [0, 0.1) is 6.92 Å². The van der Waals surface area contributed by atoms with Crippen LogP contribution in [-0.2, 0) is 0 Å². The minimum absolute atomic E-state index is 0.0568. The number of pyridine rings is 1. The lowest BCUT2D eigenvalue weighted by atomic mass is 10.1. The summed E-state index contributed by atoms with van der Waals surface area (Å²) in [6, 6.07) is 13.1. The van der Waals surface area contributed by atoms with E-state index >= 15 is 0 Å². The molecule has 0 radical (unpaired) electrons. The fourth-order valence-corrected chi connectivity index (χ4v) is 3.61. The van der Waals surface area contributed by atoms with Gasteiger partial charge in [-0.3, -0.25) is 4.40 Å². The number of aromatic nitrogens is 2. The molecule has 1 aliphatic heterocycles. The Hall–Kier alpha value is -4.07. The number of anilines is 2. The summed E-state index contributed by atoms with van der Waals surface area (Å²) in [5, 5.41) is 13.8. The molecular formula is C23H21N3O5. The van der Waals surface area contributed by atoms with Crippen molar-refractivity contribution in [1.29, 1.82) is 0 Å². The maximum absolute atomic E-state index is 10.3. The summed E-state index contributed by atoms with van der Waals surface area (Å²) in [5.41, 5.74) is 4.10. The Morgan fingerprint density at radius 1 is 1.00 bits per heavy atom. The van der Waals surface area contributed by atoms with Gasteiger partial charge in [0.15, 0.2) is 23.0 Å². The molecule has 2 aromatic heterocycles. The van der Waals surface area contributed by atoms with Crippen LogP contribution in [0.5, 0.6) is 28.7 Å². The minimum Gasteiger partial charge on any atom is -0.502 e. The molecule has 0 saturated heterocycles. The molecule has 2 aromatic carbocycles. The first-order chi connectivity index (χ1) is 15.1. The fourth-order valence-electron chi connectivity index (χ4n) is 3.61. The molecule has 0 aliphatic carbocycles. The zero-order valence-corrected chi connectivity index (χ0v) is 17.3. The lowest BCUT2D eigenvalue weighted by molar-refractivity contribution is 0.174. The summed E-state index contributed by atoms with van der Waals surface area (Å²) in [6.07, 6.45) is 2.01. The van der Waals surface area contributed by atoms with Gasteiger partial charge in [-0.2, -0.15) is 0 Å². The number of hydrogen-bond acceptors (Lipinski definition) is 7. The number of aryl methyl sites for hydroxylation is 1. The van der Waals surface area contributed by atoms with E-state index < -0.39 is 0 Å². The lowest BCUT2D eigenvalue weighted by Crippen LogP contribution is -1.98. The molecule has 4 aromatic rings. The SMILES string of the molecule is COc1cc(-c2nc3ccc(C)cn3c2Nc2ccc3c(c2)OCO3)cc(OC)c1O. The molecule has 5 rings (SSSR count). The number of fused-ring (bicyclic) bond motifs is 2. The van der Waals surface area contributed by atoms with E-state index in [0.717, 1.165) is 28.3 Å². The summed E-state index contributed by atoms with van der Waals surface area (Å²) >= 11 is 0. The number of nitrogens with zero attached hydrogens (tertiary/aromatic N) is 2. The number of phenols is 1. The molecule has 2 N–H and O–H groups in total. The van der Waals surface area contributed by atoms with Crippen LogP contribution in [0.15, 0.2) is 48.7 Å². The average molecular weight is 419 g/mol. The van der Waals surface area contributed by atoms with E-state index in [-0.39, 0.29) is 12.5 Å². The molecule has 0 fully saturated rings. The molecule has 8 heteroatoms. The van der Waals surface area contributed by atoms with E-state index in [9.17, 15) is 5.11 Å². The monoisotopic (exact) mass is 419 g/mol. The van der Waals surface area contributed by atoms with Crippen molar-refractivity contribution in [2.24, 2.45) is 0 Å². The molecule has 8 nitrogen and oxygen atoms in total. The number of phenolic OH excluding ortho intramolecular Hbond substituents is 1. The van der Waals surface area contributed by atoms with Crippen LogP contribution in [0.1, 0.15) is 5.56 Å². The molecule has 0 atom stereocenters. The highest BCUT2D eigenvalue weighted by molar-refractivity contribution is 5.82. The molecule has 0 bridgehead atoms. The number of nitrogens with one attached hydrogen (secondary N) is 1. The van der Waals surface area contributed by atoms with Crippen molar-refractivity contribution in [3.05, 3.63) is 54.2 Å². The van der Waals surface area contributed by atoms with Crippen molar-refractivity contribution in [3.63, 3.8) is 0 Å². The fraction of sp³-hybridized carbons (Fsp3) is 0.174. The van der Waals surface area contributed by atoms with Gasteiger partial charge in [-0.05, 0) is 42.8 Å². The summed E-state index contributed by atoms with van der Waals surface area (Å²) in [5.74, 6) is 2.71. The van der Waals surface area contributed by atoms with Crippen LogP contribution in [-0.4, -0.2) is 35.5 Å². The van der Waals surface area contributed by atoms with E-state index in [1.165, 1.54) is 14.2 Å². The van der Waals surface area contributed by atoms with Gasteiger partial charge in [-0.25, -0.2) is 4.98 Å². The Labute approximate surface area is 178 Å². The van der Waals surface area contributed by atoms with Crippen LogP contribution < -0.4 is 24.3 Å². The zero-order chi connectivity index (χ0) is 21.5. The van der Waals surface area contributed by atoms with Crippen molar-refractivity contribution in [1.82, 2.24) is 9.38 Å². The van der Waals surface area contributed by atoms with Gasteiger partial charge in [-0.15, -0.1) is 0 Å². The second-order valence-corrected chi connectivity index (χ2v) is 7.17. The first-order valence-corrected chi connectivity index (χ1v) is 9.68. The Balaban J connectivity index is 1.69. The van der Waals surface area contributed by atoms with Crippen molar-refractivity contribution < 1.29 is 24.1 Å². The summed E-state index contributed by atoms with van der Waals surface area (Å²) in [7, 11) is 2.99. The first kappa shape index (κ1) is 18.9. The second-order valence-electron chi connectivity index (χ2n) is 7.17. The molecular weight excluding hydrogens is 398 g/mol. The third kappa shape index (κ3) is 3.22. The standard InChI is InChI=1S/C23H21N3O5/c1-13-4-7-20-25-21(14-8-18(28-2)22(27)19(9-14)29-3)23(26(20)11-13)24-15-5-6-16-17(10-15)31-12-30-16/h4-11,24,27H,12H2,1-3H3. The number of hydrogen-bond donors (Lipinski definition) is 2. The number of methoxy groups -OCH3 is 2. The van der Waals surface area contributed by atoms with Gasteiger partial charge >= 0.3 is 0 Å². The highest BCUT2D eigenvalue weighted by Gasteiger charge is 2.20. The van der Waals surface area contributed by atoms with Crippen molar-refractivity contribution in [3.8, 4) is 40.0 Å². The van der Waals surface area contributed by atoms with E-state index in [0.29, 0.717) is 28.7 Å². The third-order valence-electron chi connectivity index (χ3n) is 5.15. The summed E-state index contributed by atoms with van der Waals surface area (Å²) < 4.78 is 23.6. The number of aromatic hydroxyl groups is 1. The molecule has 0 amide bonds. The molecule has 0 saturated carbocycles. The maximum Gasteiger partial charge on any atom is 0.231 e. The van der Waals surface area contributed by atoms with Gasteiger partial charge < -0.3 is 29.4 Å². The highest BCUT2D eigenvalue weighted by Crippen LogP contribution is 2.43. The van der Waals surface area contributed by atoms with Crippen LogP contribution in [0.2, 0.25) is 0 Å². The van der Waals surface area contributed by atoms with Crippen LogP contribution >= 0.6 is 0 Å². The van der Waals surface area contributed by atoms with Crippen LogP contribution in [0.25, 0.3) is 16.9 Å². The Morgan fingerprint density at radius 3 is 2.48 bits per heavy atom. The molecule has 158 valence electrons. The number of ether oxygens (including phenoxy) is 4. The van der Waals surface area contributed by atoms with Crippen LogP contribution in [0.3, 0.4) is 0 Å². The second kappa shape index (κ2) is 7.32. The summed E-state index contributed by atoms with van der Waals surface area (Å²) in [6.45, 7) is 2.24. The van der Waals surface area contributed by atoms with E-state index in [2.05, 4.69) is 5.32 Å². The van der Waals surface area contributed by atoms with Crippen molar-refractivity contribution >= 4 is 17.2 Å². The van der Waals surface area contributed by atoms with Gasteiger partial charge in [-0.1, -0.05) is 6.07 Å². The molecule has 3 heterocycles. The molecule has 0 spiro atoms. The van der Waals surface area contributed by atoms with E-state index in [4.69, 9.17) is 23.9 Å². The van der Waals surface area contributed by atoms with E-state index in [1.807, 2.05) is 47.9 Å². The van der Waals surface area contributed by atoms with Crippen molar-refractivity contribution in [2.45, 2.75) is 6.92 Å². The van der Waals surface area contributed by atoms with Gasteiger partial charge in [0.2, 0.25) is 12.5 Å². The Kier molecular flexibility index (Phi) is 4.47. The predicted octanol–water partition coefficient (Wildman–Crippen LogP) is 4.50. The number of rotatable bonds is 5. The molecule has 0 unspecified atom stereocenters. The number of imidazole rings is 1. The summed E-state index contributed by atoms with van der Waals surface area (Å²) in [4.78, 5) is 4.82. The third-order valence-corrected chi connectivity index (χ3v) is 5.15. The Morgan fingerprint density at radius 2 is 1.74 bits per heavy atom. The van der Waals surface area contributed by atoms with Gasteiger partial charge in [0.05, 0.1) is 14.2 Å². The minimum atomic E-state index is -0.0568. The zero-order valence-electron chi connectivity index (χ0n) is 17.3. The van der Waals surface area contributed by atoms with Crippen LogP contribution in [0.4, 0.5) is 11.5 Å². The van der Waals surface area contributed by atoms with Gasteiger partial charge in [0.25, 0.3) is 0 Å². The smallest absolute Gasteiger partial charge is 0.231 e. The first-order valence-electron chi connectivity index (χ1n) is 9.68. The number of benzene rings is 2. The van der Waals surface area contributed by atoms with E-state index in [1.54, 1.807) is 12.1 Å². The van der Waals surface area contributed by atoms with Crippen molar-refractivity contribution in [2.75, 3.05) is 26.3 Å². The largest absolute Gasteiger partial charge is 0.502 e. The molecule has 1 aliphatic rings. The molecule has 31 heavy (non-hydrogen) atoms. The Bertz CT molecular complexity index is 1270. The highest BCUT2D eigenvalue weighted by atomic mass is 16.7. The lowest BCUT2D eigenvalue weighted by Gasteiger charge is -2.13. The predicted molar refractivity (Wildman–Crippen MR) is 116 cm³/mol. The topological polar surface area (TPSA) is 86.5 Å². The average Bonchev–Trinajstić information content (AvgIpc) is 3.38. The maximum atomic E-state index is 10.3.